The van der Waals surface area contributed by atoms with Gasteiger partial charge in [0.1, 0.15) is 0 Å². The standard InChI is InChI=1S/C15H24N4O2/c1-10(2)13-6-14(21-17-13)15(20)19(11(3)4)9-12-7-16-18(5)8-12/h7-8,10-11,14H,6,9H2,1-5H3. The lowest BCUT2D eigenvalue weighted by molar-refractivity contribution is -0.144. The van der Waals surface area contributed by atoms with Gasteiger partial charge in [0.25, 0.3) is 5.91 Å². The number of oxime groups is 1. The Morgan fingerprint density at radius 2 is 2.19 bits per heavy atom. The van der Waals surface area contributed by atoms with E-state index in [1.165, 1.54) is 0 Å². The van der Waals surface area contributed by atoms with Crippen molar-refractivity contribution in [2.75, 3.05) is 0 Å². The van der Waals surface area contributed by atoms with Gasteiger partial charge in [0, 0.05) is 37.8 Å². The molecule has 6 heteroatoms. The summed E-state index contributed by atoms with van der Waals surface area (Å²) in [7, 11) is 1.87. The smallest absolute Gasteiger partial charge is 0.267 e. The molecule has 0 fully saturated rings. The molecule has 1 unspecified atom stereocenters. The van der Waals surface area contributed by atoms with Crippen LogP contribution in [0.1, 0.15) is 39.7 Å². The van der Waals surface area contributed by atoms with E-state index < -0.39 is 6.10 Å². The van der Waals surface area contributed by atoms with Crippen LogP contribution < -0.4 is 0 Å². The minimum atomic E-state index is -0.485. The second kappa shape index (κ2) is 6.28. The van der Waals surface area contributed by atoms with Gasteiger partial charge < -0.3 is 9.74 Å². The van der Waals surface area contributed by atoms with Crippen LogP contribution in [-0.4, -0.2) is 38.4 Å². The summed E-state index contributed by atoms with van der Waals surface area (Å²) in [6.45, 7) is 8.68. The van der Waals surface area contributed by atoms with Crippen LogP contribution in [0.25, 0.3) is 0 Å². The van der Waals surface area contributed by atoms with Crippen molar-refractivity contribution in [3.8, 4) is 0 Å². The van der Waals surface area contributed by atoms with Crippen molar-refractivity contribution in [2.45, 2.75) is 52.8 Å². The summed E-state index contributed by atoms with van der Waals surface area (Å²) >= 11 is 0. The van der Waals surface area contributed by atoms with Crippen molar-refractivity contribution in [1.29, 1.82) is 0 Å². The van der Waals surface area contributed by atoms with Crippen molar-refractivity contribution >= 4 is 11.6 Å². The van der Waals surface area contributed by atoms with E-state index in [1.54, 1.807) is 10.9 Å². The highest BCUT2D eigenvalue weighted by Gasteiger charge is 2.33. The molecule has 1 amide bonds. The Labute approximate surface area is 125 Å². The van der Waals surface area contributed by atoms with E-state index in [9.17, 15) is 4.79 Å². The van der Waals surface area contributed by atoms with E-state index >= 15 is 0 Å². The Hall–Kier alpha value is -1.85. The van der Waals surface area contributed by atoms with Crippen LogP contribution in [0.15, 0.2) is 17.5 Å². The lowest BCUT2D eigenvalue weighted by Gasteiger charge is -2.28. The first kappa shape index (κ1) is 15.5. The molecule has 1 aliphatic heterocycles. The maximum atomic E-state index is 12.7. The monoisotopic (exact) mass is 292 g/mol. The molecule has 1 aromatic rings. The Morgan fingerprint density at radius 3 is 2.67 bits per heavy atom. The Bertz CT molecular complexity index is 534. The lowest BCUT2D eigenvalue weighted by Crippen LogP contribution is -2.43. The summed E-state index contributed by atoms with van der Waals surface area (Å²) in [5.74, 6) is 0.307. The fraction of sp³-hybridized carbons (Fsp3) is 0.667. The van der Waals surface area contributed by atoms with Crippen molar-refractivity contribution in [3.63, 3.8) is 0 Å². The average molecular weight is 292 g/mol. The molecule has 1 aliphatic rings. The molecule has 0 saturated heterocycles. The highest BCUT2D eigenvalue weighted by atomic mass is 16.6. The molecule has 1 aromatic heterocycles. The van der Waals surface area contributed by atoms with E-state index in [1.807, 2.05) is 32.0 Å². The zero-order valence-corrected chi connectivity index (χ0v) is 13.4. The number of carbonyl (C=O) groups excluding carboxylic acids is 1. The van der Waals surface area contributed by atoms with Gasteiger partial charge in [-0.1, -0.05) is 19.0 Å². The first-order valence-electron chi connectivity index (χ1n) is 7.39. The minimum absolute atomic E-state index is 0.00625. The van der Waals surface area contributed by atoms with Crippen molar-refractivity contribution in [2.24, 2.45) is 18.1 Å². The van der Waals surface area contributed by atoms with Crippen LogP contribution >= 0.6 is 0 Å². The number of aryl methyl sites for hydroxylation is 1. The van der Waals surface area contributed by atoms with Gasteiger partial charge in [-0.15, -0.1) is 0 Å². The number of amides is 1. The van der Waals surface area contributed by atoms with Gasteiger partial charge >= 0.3 is 0 Å². The molecule has 6 nitrogen and oxygen atoms in total. The maximum Gasteiger partial charge on any atom is 0.267 e. The van der Waals surface area contributed by atoms with Gasteiger partial charge in [-0.3, -0.25) is 9.48 Å². The van der Waals surface area contributed by atoms with Crippen LogP contribution in [0.4, 0.5) is 0 Å². The predicted molar refractivity (Wildman–Crippen MR) is 80.7 cm³/mol. The summed E-state index contributed by atoms with van der Waals surface area (Å²) in [5, 5.41) is 8.19. The SMILES string of the molecule is CC(C)C1=NOC(C(=O)N(Cc2cnn(C)c2)C(C)C)C1. The summed E-state index contributed by atoms with van der Waals surface area (Å²) in [5.41, 5.74) is 1.97. The summed E-state index contributed by atoms with van der Waals surface area (Å²) in [4.78, 5) is 19.8. The number of hydrogen-bond donors (Lipinski definition) is 0. The molecule has 116 valence electrons. The number of nitrogens with zero attached hydrogens (tertiary/aromatic N) is 4. The molecular weight excluding hydrogens is 268 g/mol. The first-order valence-corrected chi connectivity index (χ1v) is 7.39. The fourth-order valence-electron chi connectivity index (χ4n) is 2.32. The Morgan fingerprint density at radius 1 is 1.48 bits per heavy atom. The molecule has 0 radical (unpaired) electrons. The third kappa shape index (κ3) is 3.62. The van der Waals surface area contributed by atoms with Crippen molar-refractivity contribution in [1.82, 2.24) is 14.7 Å². The molecule has 0 N–H and O–H groups in total. The zero-order chi connectivity index (χ0) is 15.6. The zero-order valence-electron chi connectivity index (χ0n) is 13.4. The van der Waals surface area contributed by atoms with Crippen molar-refractivity contribution < 1.29 is 9.63 Å². The van der Waals surface area contributed by atoms with Crippen LogP contribution in [0.5, 0.6) is 0 Å². The van der Waals surface area contributed by atoms with Gasteiger partial charge in [-0.2, -0.15) is 5.10 Å². The number of carbonyl (C=O) groups is 1. The summed E-state index contributed by atoms with van der Waals surface area (Å²) in [6.07, 6.45) is 3.82. The third-order valence-corrected chi connectivity index (χ3v) is 3.65. The van der Waals surface area contributed by atoms with Crippen LogP contribution in [0.3, 0.4) is 0 Å². The van der Waals surface area contributed by atoms with Gasteiger partial charge in [0.2, 0.25) is 6.10 Å². The molecular formula is C15H24N4O2. The minimum Gasteiger partial charge on any atom is -0.382 e. The van der Waals surface area contributed by atoms with E-state index in [4.69, 9.17) is 4.84 Å². The number of hydrogen-bond acceptors (Lipinski definition) is 4. The molecule has 0 aromatic carbocycles. The third-order valence-electron chi connectivity index (χ3n) is 3.65. The van der Waals surface area contributed by atoms with Gasteiger partial charge in [0.15, 0.2) is 0 Å². The van der Waals surface area contributed by atoms with Gasteiger partial charge in [0.05, 0.1) is 11.9 Å². The Kier molecular flexibility index (Phi) is 4.65. The molecule has 0 spiro atoms. The summed E-state index contributed by atoms with van der Waals surface area (Å²) < 4.78 is 1.74. The van der Waals surface area contributed by atoms with E-state index in [2.05, 4.69) is 24.1 Å². The molecule has 21 heavy (non-hydrogen) atoms. The van der Waals surface area contributed by atoms with Crippen LogP contribution in [0, 0.1) is 5.92 Å². The molecule has 0 aliphatic carbocycles. The predicted octanol–water partition coefficient (Wildman–Crippen LogP) is 1.96. The molecule has 0 bridgehead atoms. The largest absolute Gasteiger partial charge is 0.382 e. The fourth-order valence-corrected chi connectivity index (χ4v) is 2.32. The normalized spacial score (nSPS) is 18.0. The first-order chi connectivity index (χ1) is 9.88. The van der Waals surface area contributed by atoms with E-state index in [-0.39, 0.29) is 11.9 Å². The second-order valence-electron chi connectivity index (χ2n) is 6.12. The van der Waals surface area contributed by atoms with Gasteiger partial charge in [-0.25, -0.2) is 0 Å². The molecule has 2 heterocycles. The van der Waals surface area contributed by atoms with E-state index in [0.717, 1.165) is 11.3 Å². The Balaban J connectivity index is 2.04. The number of rotatable bonds is 5. The highest BCUT2D eigenvalue weighted by Crippen LogP contribution is 2.20. The lowest BCUT2D eigenvalue weighted by atomic mass is 10.0. The molecule has 1 atom stereocenters. The van der Waals surface area contributed by atoms with Crippen LogP contribution in [0.2, 0.25) is 0 Å². The number of aromatic nitrogens is 2. The summed E-state index contributed by atoms with van der Waals surface area (Å²) in [6, 6.07) is 0.101. The van der Waals surface area contributed by atoms with E-state index in [0.29, 0.717) is 18.9 Å². The second-order valence-corrected chi connectivity index (χ2v) is 6.12. The van der Waals surface area contributed by atoms with Gasteiger partial charge in [-0.05, 0) is 19.8 Å². The quantitative estimate of drug-likeness (QED) is 0.833. The highest BCUT2D eigenvalue weighted by molar-refractivity contribution is 5.93. The average Bonchev–Trinajstić information content (AvgIpc) is 3.03. The van der Waals surface area contributed by atoms with Crippen LogP contribution in [-0.2, 0) is 23.2 Å². The van der Waals surface area contributed by atoms with Crippen molar-refractivity contribution in [3.05, 3.63) is 18.0 Å². The molecule has 0 saturated carbocycles. The molecule has 2 rings (SSSR count). The topological polar surface area (TPSA) is 59.7 Å². The maximum absolute atomic E-state index is 12.7.